The fourth-order valence-electron chi connectivity index (χ4n) is 0.713. The summed E-state index contributed by atoms with van der Waals surface area (Å²) in [5.41, 5.74) is -0.0518. The second-order valence-electron chi connectivity index (χ2n) is 4.77. The summed E-state index contributed by atoms with van der Waals surface area (Å²) < 4.78 is 0. The van der Waals surface area contributed by atoms with Gasteiger partial charge in [-0.3, -0.25) is 4.79 Å². The molecule has 0 radical (unpaired) electrons. The molecule has 88 valence electrons. The Morgan fingerprint density at radius 1 is 1.13 bits per heavy atom. The highest BCUT2D eigenvalue weighted by Crippen LogP contribution is 2.18. The first kappa shape index (κ1) is 13.7. The van der Waals surface area contributed by atoms with Crippen molar-refractivity contribution in [2.24, 2.45) is 5.41 Å². The van der Waals surface area contributed by atoms with Gasteiger partial charge in [0.05, 0.1) is 0 Å². The molecule has 3 N–H and O–H groups in total. The molecule has 0 bridgehead atoms. The van der Waals surface area contributed by atoms with E-state index in [0.29, 0.717) is 0 Å². The zero-order valence-corrected chi connectivity index (χ0v) is 9.92. The van der Waals surface area contributed by atoms with Gasteiger partial charge >= 0.3 is 12.0 Å². The standard InChI is InChI=1S/C10H20N2O3/c1-6(8(13)14)11-9(15)12-7(2)10(3,4)5/h6-7H,1-5H3,(H,13,14)(H2,11,12,15)/t6-,7?/m1/s1. The van der Waals surface area contributed by atoms with Crippen molar-refractivity contribution in [1.82, 2.24) is 10.6 Å². The van der Waals surface area contributed by atoms with Crippen LogP contribution in [0.2, 0.25) is 0 Å². The van der Waals surface area contributed by atoms with E-state index in [0.717, 1.165) is 0 Å². The van der Waals surface area contributed by atoms with Crippen molar-refractivity contribution in [3.63, 3.8) is 0 Å². The summed E-state index contributed by atoms with van der Waals surface area (Å²) >= 11 is 0. The molecule has 15 heavy (non-hydrogen) atoms. The molecule has 2 atom stereocenters. The number of carboxylic acids is 1. The normalized spacial score (nSPS) is 15.3. The summed E-state index contributed by atoms with van der Waals surface area (Å²) in [7, 11) is 0. The molecule has 0 aliphatic rings. The molecule has 5 nitrogen and oxygen atoms in total. The Bertz CT molecular complexity index is 246. The largest absolute Gasteiger partial charge is 0.480 e. The number of carboxylic acid groups (broad SMARTS) is 1. The first-order chi connectivity index (χ1) is 6.64. The Balaban J connectivity index is 4.11. The Hall–Kier alpha value is -1.26. The fraction of sp³-hybridized carbons (Fsp3) is 0.800. The number of amides is 2. The van der Waals surface area contributed by atoms with Crippen molar-refractivity contribution in [2.75, 3.05) is 0 Å². The van der Waals surface area contributed by atoms with Gasteiger partial charge in [0.2, 0.25) is 0 Å². The highest BCUT2D eigenvalue weighted by Gasteiger charge is 2.22. The summed E-state index contributed by atoms with van der Waals surface area (Å²) in [6.07, 6.45) is 0. The second-order valence-corrected chi connectivity index (χ2v) is 4.77. The van der Waals surface area contributed by atoms with Crippen LogP contribution in [-0.2, 0) is 4.79 Å². The number of carbonyl (C=O) groups excluding carboxylic acids is 1. The molecule has 0 heterocycles. The molecule has 0 aliphatic carbocycles. The van der Waals surface area contributed by atoms with Crippen molar-refractivity contribution in [3.05, 3.63) is 0 Å². The Morgan fingerprint density at radius 3 is 1.93 bits per heavy atom. The summed E-state index contributed by atoms with van der Waals surface area (Å²) in [6.45, 7) is 9.30. The minimum absolute atomic E-state index is 0.0292. The number of hydrogen-bond donors (Lipinski definition) is 3. The fourth-order valence-corrected chi connectivity index (χ4v) is 0.713. The summed E-state index contributed by atoms with van der Waals surface area (Å²) in [5.74, 6) is -1.05. The first-order valence-electron chi connectivity index (χ1n) is 4.94. The summed E-state index contributed by atoms with van der Waals surface area (Å²) in [4.78, 5) is 21.8. The van der Waals surface area contributed by atoms with E-state index in [-0.39, 0.29) is 11.5 Å². The van der Waals surface area contributed by atoms with Gasteiger partial charge in [-0.15, -0.1) is 0 Å². The van der Waals surface area contributed by atoms with Gasteiger partial charge < -0.3 is 15.7 Å². The van der Waals surface area contributed by atoms with Crippen LogP contribution in [0.15, 0.2) is 0 Å². The van der Waals surface area contributed by atoms with Gasteiger partial charge in [-0.25, -0.2) is 4.79 Å². The minimum Gasteiger partial charge on any atom is -0.480 e. The van der Waals surface area contributed by atoms with Crippen LogP contribution >= 0.6 is 0 Å². The van der Waals surface area contributed by atoms with Gasteiger partial charge in [0.1, 0.15) is 6.04 Å². The molecule has 0 aromatic carbocycles. The van der Waals surface area contributed by atoms with Crippen molar-refractivity contribution in [2.45, 2.75) is 46.7 Å². The predicted octanol–water partition coefficient (Wildman–Crippen LogP) is 1.19. The molecule has 1 unspecified atom stereocenters. The van der Waals surface area contributed by atoms with Gasteiger partial charge in [0.25, 0.3) is 0 Å². The number of aliphatic carboxylic acids is 1. The molecule has 2 amide bonds. The molecular formula is C10H20N2O3. The van der Waals surface area contributed by atoms with E-state index >= 15 is 0 Å². The second kappa shape index (κ2) is 5.00. The average molecular weight is 216 g/mol. The lowest BCUT2D eigenvalue weighted by molar-refractivity contribution is -0.138. The van der Waals surface area contributed by atoms with Crippen LogP contribution < -0.4 is 10.6 Å². The number of urea groups is 1. The van der Waals surface area contributed by atoms with E-state index < -0.39 is 18.0 Å². The minimum atomic E-state index is -1.05. The SMILES string of the molecule is CC(NC(=O)N[C@H](C)C(=O)O)C(C)(C)C. The molecule has 0 rings (SSSR count). The van der Waals surface area contributed by atoms with E-state index in [1.807, 2.05) is 27.7 Å². The van der Waals surface area contributed by atoms with Crippen molar-refractivity contribution in [3.8, 4) is 0 Å². The molecule has 0 spiro atoms. The molecule has 0 aromatic heterocycles. The monoisotopic (exact) mass is 216 g/mol. The lowest BCUT2D eigenvalue weighted by atomic mass is 9.88. The van der Waals surface area contributed by atoms with Crippen LogP contribution in [0.1, 0.15) is 34.6 Å². The molecule has 0 saturated carbocycles. The first-order valence-corrected chi connectivity index (χ1v) is 4.94. The molecule has 0 aliphatic heterocycles. The quantitative estimate of drug-likeness (QED) is 0.663. The lowest BCUT2D eigenvalue weighted by Gasteiger charge is -2.28. The highest BCUT2D eigenvalue weighted by molar-refractivity contribution is 5.82. The third-order valence-corrected chi connectivity index (χ3v) is 2.36. The van der Waals surface area contributed by atoms with Crippen molar-refractivity contribution in [1.29, 1.82) is 0 Å². The van der Waals surface area contributed by atoms with E-state index in [1.165, 1.54) is 6.92 Å². The molecule has 0 aromatic rings. The van der Waals surface area contributed by atoms with Crippen LogP contribution in [0.5, 0.6) is 0 Å². The number of hydrogen-bond acceptors (Lipinski definition) is 2. The van der Waals surface area contributed by atoms with Crippen LogP contribution in [-0.4, -0.2) is 29.2 Å². The number of nitrogens with one attached hydrogen (secondary N) is 2. The third-order valence-electron chi connectivity index (χ3n) is 2.36. The molecule has 0 saturated heterocycles. The van der Waals surface area contributed by atoms with Crippen molar-refractivity contribution < 1.29 is 14.7 Å². The summed E-state index contributed by atoms with van der Waals surface area (Å²) in [5, 5.41) is 13.6. The smallest absolute Gasteiger partial charge is 0.325 e. The zero-order valence-electron chi connectivity index (χ0n) is 9.92. The maximum atomic E-state index is 11.3. The van der Waals surface area contributed by atoms with E-state index in [2.05, 4.69) is 10.6 Å². The molecular weight excluding hydrogens is 196 g/mol. The number of rotatable bonds is 3. The Kier molecular flexibility index (Phi) is 4.58. The van der Waals surface area contributed by atoms with Crippen LogP contribution in [0, 0.1) is 5.41 Å². The zero-order chi connectivity index (χ0) is 12.2. The molecule has 5 heteroatoms. The van der Waals surface area contributed by atoms with E-state index in [1.54, 1.807) is 0 Å². The van der Waals surface area contributed by atoms with Crippen LogP contribution in [0.3, 0.4) is 0 Å². The van der Waals surface area contributed by atoms with E-state index in [9.17, 15) is 9.59 Å². The van der Waals surface area contributed by atoms with Gasteiger partial charge in [0, 0.05) is 6.04 Å². The predicted molar refractivity (Wildman–Crippen MR) is 57.7 cm³/mol. The lowest BCUT2D eigenvalue weighted by Crippen LogP contribution is -2.50. The van der Waals surface area contributed by atoms with Gasteiger partial charge in [0.15, 0.2) is 0 Å². The Labute approximate surface area is 90.2 Å². The van der Waals surface area contributed by atoms with E-state index in [4.69, 9.17) is 5.11 Å². The topological polar surface area (TPSA) is 78.4 Å². The van der Waals surface area contributed by atoms with Crippen molar-refractivity contribution >= 4 is 12.0 Å². The van der Waals surface area contributed by atoms with Gasteiger partial charge in [-0.05, 0) is 19.3 Å². The van der Waals surface area contributed by atoms with Gasteiger partial charge in [-0.1, -0.05) is 20.8 Å². The van der Waals surface area contributed by atoms with Gasteiger partial charge in [-0.2, -0.15) is 0 Å². The molecule has 0 fully saturated rings. The third kappa shape index (κ3) is 5.24. The average Bonchev–Trinajstić information content (AvgIpc) is 2.01. The van der Waals surface area contributed by atoms with Crippen LogP contribution in [0.4, 0.5) is 4.79 Å². The maximum absolute atomic E-state index is 11.3. The maximum Gasteiger partial charge on any atom is 0.325 e. The van der Waals surface area contributed by atoms with Crippen LogP contribution in [0.25, 0.3) is 0 Å². The number of carbonyl (C=O) groups is 2. The summed E-state index contributed by atoms with van der Waals surface area (Å²) in [6, 6.07) is -1.36. The highest BCUT2D eigenvalue weighted by atomic mass is 16.4. The Morgan fingerprint density at radius 2 is 1.60 bits per heavy atom.